The molecule has 4 nitrogen and oxygen atoms in total. The highest BCUT2D eigenvalue weighted by Crippen LogP contribution is 2.51. The van der Waals surface area contributed by atoms with Gasteiger partial charge >= 0.3 is 0 Å². The van der Waals surface area contributed by atoms with Crippen molar-refractivity contribution in [2.75, 3.05) is 4.90 Å². The van der Waals surface area contributed by atoms with E-state index in [1.54, 1.807) is 11.8 Å². The van der Waals surface area contributed by atoms with E-state index < -0.39 is 0 Å². The van der Waals surface area contributed by atoms with Crippen LogP contribution in [0.15, 0.2) is 162 Å². The number of anilines is 2. The number of thioether (sulfide) groups is 1. The van der Waals surface area contributed by atoms with Gasteiger partial charge in [-0.1, -0.05) is 85.6 Å². The minimum absolute atomic E-state index is 0.893. The van der Waals surface area contributed by atoms with Crippen LogP contribution in [-0.2, 0) is 0 Å². The van der Waals surface area contributed by atoms with Crippen molar-refractivity contribution in [1.82, 2.24) is 14.5 Å². The molecule has 8 aromatic rings. The zero-order chi connectivity index (χ0) is 30.1. The molecule has 0 bridgehead atoms. The van der Waals surface area contributed by atoms with Gasteiger partial charge in [0.05, 0.1) is 44.8 Å². The van der Waals surface area contributed by atoms with Gasteiger partial charge in [0.15, 0.2) is 0 Å². The highest BCUT2D eigenvalue weighted by Gasteiger charge is 2.30. The number of nitrogens with zero attached hydrogens (tertiary/aromatic N) is 4. The van der Waals surface area contributed by atoms with Crippen molar-refractivity contribution in [1.29, 1.82) is 0 Å². The predicted molar refractivity (Wildman–Crippen MR) is 191 cm³/mol. The summed E-state index contributed by atoms with van der Waals surface area (Å²) in [6, 6.07) is 38.7. The maximum atomic E-state index is 5.12. The lowest BCUT2D eigenvalue weighted by atomic mass is 10.0. The number of allylic oxidation sites excluding steroid dienone is 2. The van der Waals surface area contributed by atoms with E-state index >= 15 is 0 Å². The molecule has 3 aromatic heterocycles. The molecule has 0 atom stereocenters. The first kappa shape index (κ1) is 25.8. The summed E-state index contributed by atoms with van der Waals surface area (Å²) in [5, 5.41) is 6.87. The van der Waals surface area contributed by atoms with Crippen LogP contribution in [-0.4, -0.2) is 14.5 Å². The Morgan fingerprint density at radius 3 is 2.00 bits per heavy atom. The molecule has 0 N–H and O–H groups in total. The van der Waals surface area contributed by atoms with E-state index in [1.807, 2.05) is 36.7 Å². The first-order chi connectivity index (χ1) is 22.3. The monoisotopic (exact) mass is 594 g/mol. The SMILES string of the molecule is C=CC1=C(C=C)N(c2c3cccnc3c(-n3c4ccccc4c4cc5ccccc5cc43)c3cccnc23)c2ccccc2S1. The third-order valence-corrected chi connectivity index (χ3v) is 9.92. The van der Waals surface area contributed by atoms with Crippen LogP contribution in [0, 0.1) is 0 Å². The molecule has 5 aromatic carbocycles. The smallest absolute Gasteiger partial charge is 0.0971 e. The second kappa shape index (κ2) is 9.94. The number of hydrogen-bond donors (Lipinski definition) is 0. The molecule has 212 valence electrons. The molecule has 0 aliphatic carbocycles. The van der Waals surface area contributed by atoms with E-state index in [0.29, 0.717) is 0 Å². The normalized spacial score (nSPS) is 13.3. The topological polar surface area (TPSA) is 34.0 Å². The van der Waals surface area contributed by atoms with Crippen LogP contribution in [0.3, 0.4) is 0 Å². The summed E-state index contributed by atoms with van der Waals surface area (Å²) in [5.41, 5.74) is 8.12. The molecule has 0 amide bonds. The standard InChI is InChI=1S/C40H26N4S/c1-3-31-35(4-2)45-36-20-10-9-19-33(36)43(31)39-28-16-11-22-42-38(28)40(29-17-12-21-41-37(29)39)44-32-18-8-7-15-27(32)30-23-25-13-5-6-14-26(25)24-34(30)44/h3-24H,1-2H2. The third-order valence-electron chi connectivity index (χ3n) is 8.76. The second-order valence-electron chi connectivity index (χ2n) is 11.1. The summed E-state index contributed by atoms with van der Waals surface area (Å²) in [4.78, 5) is 14.7. The Kier molecular flexibility index (Phi) is 5.70. The maximum Gasteiger partial charge on any atom is 0.0971 e. The zero-order valence-electron chi connectivity index (χ0n) is 24.3. The fourth-order valence-electron chi connectivity index (χ4n) is 6.89. The summed E-state index contributed by atoms with van der Waals surface area (Å²) >= 11 is 1.71. The van der Waals surface area contributed by atoms with Crippen LogP contribution in [0.25, 0.3) is 60.1 Å². The molecule has 0 saturated heterocycles. The van der Waals surface area contributed by atoms with Crippen LogP contribution >= 0.6 is 11.8 Å². The van der Waals surface area contributed by atoms with Crippen LogP contribution < -0.4 is 4.90 Å². The van der Waals surface area contributed by atoms with Crippen molar-refractivity contribution >= 4 is 77.5 Å². The van der Waals surface area contributed by atoms with Crippen LogP contribution in [0.2, 0.25) is 0 Å². The van der Waals surface area contributed by atoms with E-state index in [2.05, 4.69) is 120 Å². The van der Waals surface area contributed by atoms with Crippen molar-refractivity contribution in [3.8, 4) is 5.69 Å². The van der Waals surface area contributed by atoms with Crippen molar-refractivity contribution < 1.29 is 0 Å². The number of rotatable bonds is 4. The summed E-state index contributed by atoms with van der Waals surface area (Å²) in [5.74, 6) is 0. The first-order valence-corrected chi connectivity index (χ1v) is 15.7. The number of benzene rings is 5. The number of fused-ring (bicyclic) bond motifs is 7. The maximum absolute atomic E-state index is 5.12. The Balaban J connectivity index is 1.48. The van der Waals surface area contributed by atoms with Crippen LogP contribution in [0.1, 0.15) is 0 Å². The number of para-hydroxylation sites is 2. The van der Waals surface area contributed by atoms with Crippen LogP contribution in [0.5, 0.6) is 0 Å². The lowest BCUT2D eigenvalue weighted by molar-refractivity contribution is 1.15. The fourth-order valence-corrected chi connectivity index (χ4v) is 7.90. The lowest BCUT2D eigenvalue weighted by Crippen LogP contribution is -2.21. The molecule has 0 unspecified atom stereocenters. The predicted octanol–water partition coefficient (Wildman–Crippen LogP) is 10.9. The Labute approximate surface area is 264 Å². The van der Waals surface area contributed by atoms with E-state index in [-0.39, 0.29) is 0 Å². The Bertz CT molecular complexity index is 2520. The largest absolute Gasteiger partial charge is 0.306 e. The summed E-state index contributed by atoms with van der Waals surface area (Å²) < 4.78 is 2.39. The van der Waals surface area contributed by atoms with E-state index in [0.717, 1.165) is 65.4 Å². The molecule has 1 aliphatic heterocycles. The Hall–Kier alpha value is -5.65. The van der Waals surface area contributed by atoms with Crippen molar-refractivity contribution in [2.24, 2.45) is 0 Å². The molecule has 1 aliphatic rings. The number of hydrogen-bond acceptors (Lipinski definition) is 4. The lowest BCUT2D eigenvalue weighted by Gasteiger charge is -2.34. The van der Waals surface area contributed by atoms with Gasteiger partial charge in [-0.2, -0.15) is 0 Å². The molecule has 4 heterocycles. The molecule has 0 fully saturated rings. The molecule has 0 spiro atoms. The van der Waals surface area contributed by atoms with Gasteiger partial charge < -0.3 is 9.47 Å². The Morgan fingerprint density at radius 1 is 0.578 bits per heavy atom. The molecule has 45 heavy (non-hydrogen) atoms. The van der Waals surface area contributed by atoms with Gasteiger partial charge in [-0.15, -0.1) is 0 Å². The minimum atomic E-state index is 0.893. The van der Waals surface area contributed by atoms with Gasteiger partial charge in [0.25, 0.3) is 0 Å². The van der Waals surface area contributed by atoms with Gasteiger partial charge in [0.1, 0.15) is 0 Å². The van der Waals surface area contributed by atoms with Gasteiger partial charge in [-0.25, -0.2) is 0 Å². The minimum Gasteiger partial charge on any atom is -0.306 e. The zero-order valence-corrected chi connectivity index (χ0v) is 25.1. The number of pyridine rings is 2. The molecule has 5 heteroatoms. The summed E-state index contributed by atoms with van der Waals surface area (Å²) in [6.07, 6.45) is 7.61. The van der Waals surface area contributed by atoms with E-state index in [1.165, 1.54) is 21.5 Å². The highest BCUT2D eigenvalue weighted by atomic mass is 32.2. The van der Waals surface area contributed by atoms with Gasteiger partial charge in [-0.3, -0.25) is 9.97 Å². The van der Waals surface area contributed by atoms with Gasteiger partial charge in [0, 0.05) is 43.7 Å². The summed E-state index contributed by atoms with van der Waals surface area (Å²) in [7, 11) is 0. The Morgan fingerprint density at radius 2 is 1.22 bits per heavy atom. The molecular formula is C40H26N4S. The number of aromatic nitrogens is 3. The molecule has 0 saturated carbocycles. The van der Waals surface area contributed by atoms with Crippen molar-refractivity contribution in [3.63, 3.8) is 0 Å². The molecular weight excluding hydrogens is 569 g/mol. The van der Waals surface area contributed by atoms with Crippen LogP contribution in [0.4, 0.5) is 11.4 Å². The average molecular weight is 595 g/mol. The van der Waals surface area contributed by atoms with E-state index in [4.69, 9.17) is 9.97 Å². The van der Waals surface area contributed by atoms with Gasteiger partial charge in [0.2, 0.25) is 0 Å². The molecule has 9 rings (SSSR count). The highest BCUT2D eigenvalue weighted by molar-refractivity contribution is 8.03. The fraction of sp³-hybridized carbons (Fsp3) is 0. The van der Waals surface area contributed by atoms with Gasteiger partial charge in [-0.05, 0) is 71.4 Å². The quantitative estimate of drug-likeness (QED) is 0.190. The second-order valence-corrected chi connectivity index (χ2v) is 12.2. The third kappa shape index (κ3) is 3.68. The average Bonchev–Trinajstić information content (AvgIpc) is 3.41. The first-order valence-electron chi connectivity index (χ1n) is 14.9. The van der Waals surface area contributed by atoms with Crippen molar-refractivity contribution in [2.45, 2.75) is 4.90 Å². The molecule has 0 radical (unpaired) electrons. The summed E-state index contributed by atoms with van der Waals surface area (Å²) in [6.45, 7) is 8.39. The van der Waals surface area contributed by atoms with E-state index in [9.17, 15) is 0 Å². The van der Waals surface area contributed by atoms with Crippen molar-refractivity contribution in [3.05, 3.63) is 158 Å².